The highest BCUT2D eigenvalue weighted by Crippen LogP contribution is 2.38. The van der Waals surface area contributed by atoms with Crippen LogP contribution < -0.4 is 10.2 Å². The fourth-order valence-electron chi connectivity index (χ4n) is 5.39. The van der Waals surface area contributed by atoms with E-state index in [9.17, 15) is 22.8 Å². The summed E-state index contributed by atoms with van der Waals surface area (Å²) in [6.45, 7) is 2.41. The number of alkyl halides is 3. The van der Waals surface area contributed by atoms with E-state index < -0.39 is 11.7 Å². The van der Waals surface area contributed by atoms with Gasteiger partial charge < -0.3 is 14.8 Å². The monoisotopic (exact) mass is 581 g/mol. The molecule has 0 saturated heterocycles. The summed E-state index contributed by atoms with van der Waals surface area (Å²) >= 11 is 0. The molecule has 0 unspecified atom stereocenters. The van der Waals surface area contributed by atoms with Gasteiger partial charge in [0.2, 0.25) is 0 Å². The molecule has 2 amide bonds. The van der Waals surface area contributed by atoms with Crippen molar-refractivity contribution in [2.75, 3.05) is 4.90 Å². The molecule has 2 aromatic carbocycles. The van der Waals surface area contributed by atoms with E-state index in [1.54, 1.807) is 72.7 Å². The van der Waals surface area contributed by atoms with E-state index in [4.69, 9.17) is 0 Å². The van der Waals surface area contributed by atoms with E-state index in [1.165, 1.54) is 12.1 Å². The first kappa shape index (κ1) is 27.9. The van der Waals surface area contributed by atoms with Crippen molar-refractivity contribution < 1.29 is 22.8 Å². The molecule has 0 atom stereocenters. The zero-order valence-electron chi connectivity index (χ0n) is 23.1. The number of rotatable bonds is 5. The topological polar surface area (TPSA) is 80.1 Å². The zero-order valence-corrected chi connectivity index (χ0v) is 23.1. The second-order valence-electron chi connectivity index (χ2n) is 10.2. The van der Waals surface area contributed by atoms with Crippen LogP contribution in [-0.4, -0.2) is 26.3 Å². The molecule has 0 spiro atoms. The van der Waals surface area contributed by atoms with E-state index in [1.807, 2.05) is 22.8 Å². The number of aryl methyl sites for hydroxylation is 1. The maximum atomic E-state index is 14.0. The highest BCUT2D eigenvalue weighted by Gasteiger charge is 2.34. The van der Waals surface area contributed by atoms with Crippen molar-refractivity contribution in [2.45, 2.75) is 32.7 Å². The van der Waals surface area contributed by atoms with Gasteiger partial charge in [0.05, 0.1) is 42.3 Å². The Labute approximate surface area is 245 Å². The van der Waals surface area contributed by atoms with E-state index in [2.05, 4.69) is 15.3 Å². The van der Waals surface area contributed by atoms with Gasteiger partial charge in [0.15, 0.2) is 0 Å². The number of nitrogens with zero attached hydrogens (tertiary/aromatic N) is 4. The molecule has 216 valence electrons. The van der Waals surface area contributed by atoms with Gasteiger partial charge in [0.25, 0.3) is 11.8 Å². The average Bonchev–Trinajstić information content (AvgIpc) is 3.32. The number of aromatic nitrogens is 3. The molecule has 5 aromatic rings. The Morgan fingerprint density at radius 3 is 2.42 bits per heavy atom. The maximum absolute atomic E-state index is 14.0. The molecule has 3 aromatic heterocycles. The lowest BCUT2D eigenvalue weighted by Gasteiger charge is -2.23. The van der Waals surface area contributed by atoms with Crippen LogP contribution in [0.1, 0.15) is 49.1 Å². The van der Waals surface area contributed by atoms with Crippen LogP contribution in [0.25, 0.3) is 11.1 Å². The predicted molar refractivity (Wildman–Crippen MR) is 155 cm³/mol. The molecule has 0 bridgehead atoms. The van der Waals surface area contributed by atoms with Gasteiger partial charge in [-0.2, -0.15) is 13.2 Å². The zero-order chi connectivity index (χ0) is 30.1. The first-order chi connectivity index (χ1) is 20.7. The third kappa shape index (κ3) is 5.51. The van der Waals surface area contributed by atoms with Crippen LogP contribution in [0.15, 0.2) is 97.3 Å². The van der Waals surface area contributed by atoms with E-state index in [0.717, 1.165) is 17.5 Å². The Bertz CT molecular complexity index is 1830. The number of amides is 2. The molecule has 7 nitrogen and oxygen atoms in total. The molecule has 0 fully saturated rings. The SMILES string of the molecule is Cc1cc(C(=O)N2Cc3ccc(C(=O)NCc4ccccn4)n3Cc3ncccc32)ccc1-c1ccccc1C(F)(F)F. The summed E-state index contributed by atoms with van der Waals surface area (Å²) in [7, 11) is 0. The smallest absolute Gasteiger partial charge is 0.345 e. The molecule has 0 radical (unpaired) electrons. The summed E-state index contributed by atoms with van der Waals surface area (Å²) in [5.74, 6) is -0.608. The molecule has 6 rings (SSSR count). The third-order valence-corrected chi connectivity index (χ3v) is 7.49. The van der Waals surface area contributed by atoms with Crippen LogP contribution in [0.4, 0.5) is 18.9 Å². The number of carbonyl (C=O) groups excluding carboxylic acids is 2. The minimum Gasteiger partial charge on any atom is -0.345 e. The van der Waals surface area contributed by atoms with Gasteiger partial charge in [-0.05, 0) is 78.2 Å². The highest BCUT2D eigenvalue weighted by molar-refractivity contribution is 6.07. The largest absolute Gasteiger partial charge is 0.417 e. The van der Waals surface area contributed by atoms with Crippen molar-refractivity contribution in [2.24, 2.45) is 0 Å². The molecule has 0 saturated carbocycles. The van der Waals surface area contributed by atoms with Gasteiger partial charge >= 0.3 is 6.18 Å². The van der Waals surface area contributed by atoms with Crippen molar-refractivity contribution >= 4 is 17.5 Å². The van der Waals surface area contributed by atoms with Crippen molar-refractivity contribution in [3.8, 4) is 11.1 Å². The minimum atomic E-state index is -4.51. The first-order valence-corrected chi connectivity index (χ1v) is 13.6. The van der Waals surface area contributed by atoms with Crippen LogP contribution >= 0.6 is 0 Å². The Balaban J connectivity index is 1.31. The number of fused-ring (bicyclic) bond motifs is 2. The summed E-state index contributed by atoms with van der Waals surface area (Å²) in [4.78, 5) is 37.5. The van der Waals surface area contributed by atoms with Gasteiger partial charge in [-0.25, -0.2) is 0 Å². The van der Waals surface area contributed by atoms with Gasteiger partial charge in [-0.15, -0.1) is 0 Å². The van der Waals surface area contributed by atoms with Crippen molar-refractivity contribution in [3.63, 3.8) is 0 Å². The fraction of sp³-hybridized carbons (Fsp3) is 0.152. The molecule has 4 heterocycles. The quantitative estimate of drug-likeness (QED) is 0.260. The third-order valence-electron chi connectivity index (χ3n) is 7.49. The Hall–Kier alpha value is -5.25. The number of hydrogen-bond acceptors (Lipinski definition) is 4. The van der Waals surface area contributed by atoms with E-state index >= 15 is 0 Å². The Morgan fingerprint density at radius 2 is 1.65 bits per heavy atom. The van der Waals surface area contributed by atoms with Crippen molar-refractivity contribution in [1.82, 2.24) is 19.9 Å². The normalized spacial score (nSPS) is 12.7. The Morgan fingerprint density at radius 1 is 0.860 bits per heavy atom. The average molecular weight is 582 g/mol. The van der Waals surface area contributed by atoms with Gasteiger partial charge in [0, 0.05) is 23.7 Å². The number of hydrogen-bond donors (Lipinski definition) is 1. The summed E-state index contributed by atoms with van der Waals surface area (Å²) in [6, 6.07) is 22.7. The summed E-state index contributed by atoms with van der Waals surface area (Å²) in [5.41, 5.74) is 3.70. The highest BCUT2D eigenvalue weighted by atomic mass is 19.4. The van der Waals surface area contributed by atoms with Crippen LogP contribution in [-0.2, 0) is 25.8 Å². The van der Waals surface area contributed by atoms with Crippen LogP contribution in [0.5, 0.6) is 0 Å². The van der Waals surface area contributed by atoms with Crippen molar-refractivity contribution in [1.29, 1.82) is 0 Å². The van der Waals surface area contributed by atoms with Crippen LogP contribution in [0, 0.1) is 6.92 Å². The molecule has 43 heavy (non-hydrogen) atoms. The minimum absolute atomic E-state index is 0.0579. The van der Waals surface area contributed by atoms with Crippen LogP contribution in [0.2, 0.25) is 0 Å². The number of carbonyl (C=O) groups is 2. The van der Waals surface area contributed by atoms with E-state index in [-0.39, 0.29) is 37.0 Å². The lowest BCUT2D eigenvalue weighted by molar-refractivity contribution is -0.137. The second-order valence-corrected chi connectivity index (χ2v) is 10.2. The summed E-state index contributed by atoms with van der Waals surface area (Å²) < 4.78 is 42.9. The molecule has 1 aliphatic rings. The number of nitrogens with one attached hydrogen (secondary N) is 1. The molecule has 10 heteroatoms. The fourth-order valence-corrected chi connectivity index (χ4v) is 5.39. The second kappa shape index (κ2) is 11.2. The Kier molecular flexibility index (Phi) is 7.27. The summed E-state index contributed by atoms with van der Waals surface area (Å²) in [6.07, 6.45) is -1.22. The van der Waals surface area contributed by atoms with Gasteiger partial charge in [-0.1, -0.05) is 30.3 Å². The number of benzene rings is 2. The molecule has 1 aliphatic heterocycles. The summed E-state index contributed by atoms with van der Waals surface area (Å²) in [5, 5.41) is 2.90. The van der Waals surface area contributed by atoms with Gasteiger partial charge in [0.1, 0.15) is 5.69 Å². The number of halogens is 3. The lowest BCUT2D eigenvalue weighted by atomic mass is 9.94. The van der Waals surface area contributed by atoms with Crippen molar-refractivity contribution in [3.05, 3.63) is 137 Å². The number of anilines is 1. The molecule has 0 aliphatic carbocycles. The maximum Gasteiger partial charge on any atom is 0.417 e. The number of pyridine rings is 2. The first-order valence-electron chi connectivity index (χ1n) is 13.6. The van der Waals surface area contributed by atoms with Crippen LogP contribution in [0.3, 0.4) is 0 Å². The molecular formula is C33H26F3N5O2. The van der Waals surface area contributed by atoms with Gasteiger partial charge in [-0.3, -0.25) is 19.6 Å². The standard InChI is InChI=1S/C33H26F3N5O2/c1-21-17-22(11-13-25(21)26-8-2-3-9-27(26)33(34,35)36)32(43)41-19-24-12-14-30(31(42)39-18-23-7-4-5-15-37-23)40(24)20-28-29(41)10-6-16-38-28/h2-17H,18-20H2,1H3,(H,39,42). The van der Waals surface area contributed by atoms with E-state index in [0.29, 0.717) is 33.8 Å². The molecule has 1 N–H and O–H groups in total. The molecular weight excluding hydrogens is 555 g/mol. The lowest BCUT2D eigenvalue weighted by Crippen LogP contribution is -2.31. The predicted octanol–water partition coefficient (Wildman–Crippen LogP) is 6.41.